The predicted octanol–water partition coefficient (Wildman–Crippen LogP) is 0.572. The molecule has 3 N–H and O–H groups in total. The number of carboxylic acid groups (broad SMARTS) is 1. The lowest BCUT2D eigenvalue weighted by molar-refractivity contribution is -0.140. The average molecular weight is 376 g/mol. The number of carboxylic acids is 1. The van der Waals surface area contributed by atoms with E-state index in [2.05, 4.69) is 5.32 Å². The summed E-state index contributed by atoms with van der Waals surface area (Å²) in [5.74, 6) is -1.88. The van der Waals surface area contributed by atoms with E-state index in [-0.39, 0.29) is 24.8 Å². The van der Waals surface area contributed by atoms with Crippen LogP contribution in [-0.4, -0.2) is 51.5 Å². The van der Waals surface area contributed by atoms with E-state index in [1.54, 1.807) is 12.1 Å². The van der Waals surface area contributed by atoms with Crippen molar-refractivity contribution in [3.63, 3.8) is 0 Å². The van der Waals surface area contributed by atoms with Crippen molar-refractivity contribution in [1.29, 1.82) is 0 Å². The smallest absolute Gasteiger partial charge is 0.303 e. The van der Waals surface area contributed by atoms with Crippen molar-refractivity contribution in [3.05, 3.63) is 29.3 Å². The molecule has 1 aromatic carbocycles. The highest BCUT2D eigenvalue weighted by Crippen LogP contribution is 2.37. The van der Waals surface area contributed by atoms with Crippen LogP contribution < -0.4 is 10.1 Å². The maximum Gasteiger partial charge on any atom is 0.303 e. The van der Waals surface area contributed by atoms with Gasteiger partial charge in [0.05, 0.1) is 6.61 Å². The van der Waals surface area contributed by atoms with Gasteiger partial charge in [0.2, 0.25) is 11.8 Å². The van der Waals surface area contributed by atoms with E-state index in [0.717, 1.165) is 4.90 Å². The molecule has 2 aliphatic heterocycles. The Morgan fingerprint density at radius 2 is 2.04 bits per heavy atom. The van der Waals surface area contributed by atoms with Gasteiger partial charge in [-0.15, -0.1) is 0 Å². The van der Waals surface area contributed by atoms with Crippen molar-refractivity contribution in [3.8, 4) is 5.75 Å². The van der Waals surface area contributed by atoms with Gasteiger partial charge >= 0.3 is 5.97 Å². The molecule has 0 radical (unpaired) electrons. The Hall–Kier alpha value is -2.94. The largest absolute Gasteiger partial charge is 0.494 e. The maximum absolute atomic E-state index is 12.6. The lowest BCUT2D eigenvalue weighted by Gasteiger charge is -2.31. The topological polar surface area (TPSA) is 133 Å². The van der Waals surface area contributed by atoms with Crippen LogP contribution in [0.3, 0.4) is 0 Å². The third-order valence-electron chi connectivity index (χ3n) is 4.63. The van der Waals surface area contributed by atoms with Crippen LogP contribution in [0, 0.1) is 0 Å². The Kier molecular flexibility index (Phi) is 5.41. The van der Waals surface area contributed by atoms with Gasteiger partial charge in [-0.3, -0.25) is 29.4 Å². The highest BCUT2D eigenvalue weighted by Gasteiger charge is 2.44. The minimum atomic E-state index is -1.30. The number of piperidine rings is 1. The molecule has 0 spiro atoms. The van der Waals surface area contributed by atoms with Gasteiger partial charge in [-0.25, -0.2) is 0 Å². The minimum Gasteiger partial charge on any atom is -0.494 e. The lowest BCUT2D eigenvalue weighted by atomic mass is 10.0. The number of aliphatic hydroxyl groups excluding tert-OH is 1. The molecule has 9 nitrogen and oxygen atoms in total. The van der Waals surface area contributed by atoms with Crippen LogP contribution in [0.15, 0.2) is 18.2 Å². The number of benzene rings is 1. The number of ether oxygens (including phenoxy) is 1. The van der Waals surface area contributed by atoms with E-state index in [0.29, 0.717) is 30.8 Å². The van der Waals surface area contributed by atoms with Crippen molar-refractivity contribution in [2.45, 2.75) is 44.4 Å². The molecular weight excluding hydrogens is 356 g/mol. The van der Waals surface area contributed by atoms with Crippen molar-refractivity contribution < 1.29 is 34.1 Å². The standard InChI is InChI=1S/C18H20N2O7/c21-14-7-6-13(16(24)19-14)20-17(25)11-5-4-10(9-12(11)18(20)26)27-8-2-1-3-15(22)23/h4-5,9,13,18,26H,1-3,6-8H2,(H,22,23)(H,19,21,24). The van der Waals surface area contributed by atoms with Crippen LogP contribution in [0.1, 0.15) is 54.3 Å². The van der Waals surface area contributed by atoms with E-state index in [4.69, 9.17) is 9.84 Å². The molecule has 2 unspecified atom stereocenters. The van der Waals surface area contributed by atoms with Crippen LogP contribution >= 0.6 is 0 Å². The summed E-state index contributed by atoms with van der Waals surface area (Å²) in [7, 11) is 0. The van der Waals surface area contributed by atoms with Crippen LogP contribution in [0.4, 0.5) is 0 Å². The molecule has 2 atom stereocenters. The summed E-state index contributed by atoms with van der Waals surface area (Å²) in [6.07, 6.45) is 0.0918. The van der Waals surface area contributed by atoms with Crippen molar-refractivity contribution in [2.75, 3.05) is 6.61 Å². The Labute approximate surface area is 154 Å². The number of hydrogen-bond acceptors (Lipinski definition) is 6. The zero-order chi connectivity index (χ0) is 19.6. The van der Waals surface area contributed by atoms with Gasteiger partial charge < -0.3 is 14.9 Å². The number of aliphatic hydroxyl groups is 1. The summed E-state index contributed by atoms with van der Waals surface area (Å²) < 4.78 is 5.55. The fourth-order valence-electron chi connectivity index (χ4n) is 3.27. The summed E-state index contributed by atoms with van der Waals surface area (Å²) >= 11 is 0. The normalized spacial score (nSPS) is 21.8. The number of nitrogens with zero attached hydrogens (tertiary/aromatic N) is 1. The molecule has 1 aromatic rings. The van der Waals surface area contributed by atoms with Gasteiger partial charge in [-0.1, -0.05) is 0 Å². The van der Waals surface area contributed by atoms with Gasteiger partial charge in [0.1, 0.15) is 11.8 Å². The van der Waals surface area contributed by atoms with Crippen molar-refractivity contribution in [1.82, 2.24) is 10.2 Å². The van der Waals surface area contributed by atoms with Gasteiger partial charge in [0.15, 0.2) is 6.23 Å². The second-order valence-corrected chi connectivity index (χ2v) is 6.50. The number of carbonyl (C=O) groups excluding carboxylic acids is 3. The number of nitrogens with one attached hydrogen (secondary N) is 1. The number of carbonyl (C=O) groups is 4. The minimum absolute atomic E-state index is 0.0711. The molecule has 3 amide bonds. The molecule has 0 bridgehead atoms. The summed E-state index contributed by atoms with van der Waals surface area (Å²) in [4.78, 5) is 47.5. The van der Waals surface area contributed by atoms with E-state index >= 15 is 0 Å². The predicted molar refractivity (Wildman–Crippen MR) is 90.7 cm³/mol. The fourth-order valence-corrected chi connectivity index (χ4v) is 3.27. The van der Waals surface area contributed by atoms with E-state index in [1.165, 1.54) is 6.07 Å². The van der Waals surface area contributed by atoms with E-state index in [1.807, 2.05) is 0 Å². The monoisotopic (exact) mass is 376 g/mol. The lowest BCUT2D eigenvalue weighted by Crippen LogP contribution is -2.53. The number of rotatable bonds is 7. The first kappa shape index (κ1) is 18.8. The third-order valence-corrected chi connectivity index (χ3v) is 4.63. The van der Waals surface area contributed by atoms with Gasteiger partial charge in [0.25, 0.3) is 5.91 Å². The first-order valence-corrected chi connectivity index (χ1v) is 8.71. The van der Waals surface area contributed by atoms with Crippen molar-refractivity contribution in [2.24, 2.45) is 0 Å². The Morgan fingerprint density at radius 3 is 2.74 bits per heavy atom. The summed E-state index contributed by atoms with van der Waals surface area (Å²) in [5.41, 5.74) is 0.623. The number of unbranched alkanes of at least 4 members (excludes halogenated alkanes) is 1. The molecule has 0 saturated carbocycles. The van der Waals surface area contributed by atoms with E-state index in [9.17, 15) is 24.3 Å². The SMILES string of the molecule is O=C(O)CCCCOc1ccc2c(c1)C(O)N(C1CCC(=O)NC1=O)C2=O. The molecule has 9 heteroatoms. The molecular formula is C18H20N2O7. The highest BCUT2D eigenvalue weighted by molar-refractivity contribution is 6.05. The first-order chi connectivity index (χ1) is 12.9. The summed E-state index contributed by atoms with van der Waals surface area (Å²) in [6, 6.07) is 3.76. The number of imide groups is 1. The molecule has 0 aliphatic carbocycles. The third kappa shape index (κ3) is 3.92. The van der Waals surface area contributed by atoms with Gasteiger partial charge in [0, 0.05) is 24.0 Å². The zero-order valence-corrected chi connectivity index (χ0v) is 14.5. The number of hydrogen-bond donors (Lipinski definition) is 3. The number of amides is 3. The van der Waals surface area contributed by atoms with Gasteiger partial charge in [-0.2, -0.15) is 0 Å². The Balaban J connectivity index is 1.67. The van der Waals surface area contributed by atoms with Crippen LogP contribution in [0.25, 0.3) is 0 Å². The molecule has 1 saturated heterocycles. The zero-order valence-electron chi connectivity index (χ0n) is 14.5. The van der Waals surface area contributed by atoms with E-state index < -0.39 is 36.0 Å². The quantitative estimate of drug-likeness (QED) is 0.468. The first-order valence-electron chi connectivity index (χ1n) is 8.71. The summed E-state index contributed by atoms with van der Waals surface area (Å²) in [6.45, 7) is 0.312. The maximum atomic E-state index is 12.6. The molecule has 2 aliphatic rings. The molecule has 27 heavy (non-hydrogen) atoms. The Bertz CT molecular complexity index is 792. The van der Waals surface area contributed by atoms with Crippen LogP contribution in [-0.2, 0) is 14.4 Å². The molecule has 3 rings (SSSR count). The number of fused-ring (bicyclic) bond motifs is 1. The Morgan fingerprint density at radius 1 is 1.26 bits per heavy atom. The highest BCUT2D eigenvalue weighted by atomic mass is 16.5. The average Bonchev–Trinajstić information content (AvgIpc) is 2.86. The molecule has 1 fully saturated rings. The second kappa shape index (κ2) is 7.75. The number of aliphatic carboxylic acids is 1. The van der Waals surface area contributed by atoms with Crippen LogP contribution in [0.5, 0.6) is 5.75 Å². The van der Waals surface area contributed by atoms with Crippen LogP contribution in [0.2, 0.25) is 0 Å². The molecule has 2 heterocycles. The molecule has 0 aromatic heterocycles. The second-order valence-electron chi connectivity index (χ2n) is 6.50. The molecule has 144 valence electrons. The van der Waals surface area contributed by atoms with Crippen molar-refractivity contribution >= 4 is 23.7 Å². The summed E-state index contributed by atoms with van der Waals surface area (Å²) in [5, 5.41) is 21.3. The van der Waals surface area contributed by atoms with Gasteiger partial charge in [-0.05, 0) is 37.5 Å². The fraction of sp³-hybridized carbons (Fsp3) is 0.444.